The molecule has 1 aromatic rings. The molecule has 26 heavy (non-hydrogen) atoms. The Kier molecular flexibility index (Phi) is 4.75. The van der Waals surface area contributed by atoms with Crippen molar-refractivity contribution in [1.29, 1.82) is 0 Å². The number of fused-ring (bicyclic) bond motifs is 5. The molecule has 0 bridgehead atoms. The number of aryl methyl sites for hydroxylation is 1. The Bertz CT molecular complexity index is 694. The summed E-state index contributed by atoms with van der Waals surface area (Å²) >= 11 is 0. The average molecular weight is 358 g/mol. The number of benzene rings is 1. The first-order valence-corrected chi connectivity index (χ1v) is 10.7. The highest BCUT2D eigenvalue weighted by Crippen LogP contribution is 2.67. The zero-order valence-electron chi connectivity index (χ0n) is 17.9. The van der Waals surface area contributed by atoms with Gasteiger partial charge in [0, 0.05) is 6.04 Å². The van der Waals surface area contributed by atoms with Crippen molar-refractivity contribution in [2.75, 3.05) is 0 Å². The highest BCUT2D eigenvalue weighted by Gasteiger charge is 2.62. The van der Waals surface area contributed by atoms with Crippen LogP contribution < -0.4 is 5.73 Å². The van der Waals surface area contributed by atoms with Crippen LogP contribution >= 0.6 is 0 Å². The van der Waals surface area contributed by atoms with E-state index in [1.807, 2.05) is 26.0 Å². The van der Waals surface area contributed by atoms with Gasteiger partial charge in [0.2, 0.25) is 0 Å². The largest absolute Gasteiger partial charge is 0.508 e. The molecule has 3 aliphatic rings. The SMILES string of the molecule is CC.Cc1cc(O)cc2c1[C@@]1(C)CCC3C(C)(C)C(N)CC[C@@]3(C)[C@@H]1C2. The smallest absolute Gasteiger partial charge is 0.116 e. The highest BCUT2D eigenvalue weighted by molar-refractivity contribution is 5.50. The maximum absolute atomic E-state index is 10.1. The fourth-order valence-corrected chi connectivity index (χ4v) is 7.38. The molecule has 0 aromatic heterocycles. The molecule has 0 amide bonds. The van der Waals surface area contributed by atoms with Gasteiger partial charge in [-0.2, -0.15) is 0 Å². The van der Waals surface area contributed by atoms with Gasteiger partial charge in [-0.15, -0.1) is 0 Å². The fraction of sp³-hybridized carbons (Fsp3) is 0.750. The number of rotatable bonds is 0. The minimum Gasteiger partial charge on any atom is -0.508 e. The monoisotopic (exact) mass is 357 g/mol. The first-order valence-electron chi connectivity index (χ1n) is 10.7. The van der Waals surface area contributed by atoms with Crippen molar-refractivity contribution in [1.82, 2.24) is 0 Å². The topological polar surface area (TPSA) is 46.2 Å². The van der Waals surface area contributed by atoms with Crippen molar-refractivity contribution in [3.05, 3.63) is 28.8 Å². The van der Waals surface area contributed by atoms with E-state index in [1.165, 1.54) is 36.0 Å². The number of nitrogens with two attached hydrogens (primary N) is 1. The molecule has 0 saturated heterocycles. The minimum atomic E-state index is 0.223. The molecule has 2 heteroatoms. The summed E-state index contributed by atoms with van der Waals surface area (Å²) in [5.41, 5.74) is 11.6. The highest BCUT2D eigenvalue weighted by atomic mass is 16.3. The zero-order chi connectivity index (χ0) is 19.5. The lowest BCUT2D eigenvalue weighted by molar-refractivity contribution is -0.107. The number of hydrogen-bond acceptors (Lipinski definition) is 2. The van der Waals surface area contributed by atoms with Gasteiger partial charge in [-0.05, 0) is 95.9 Å². The predicted molar refractivity (Wildman–Crippen MR) is 111 cm³/mol. The fourth-order valence-electron chi connectivity index (χ4n) is 7.38. The van der Waals surface area contributed by atoms with E-state index in [4.69, 9.17) is 5.73 Å². The molecule has 2 fully saturated rings. The molecule has 0 aliphatic heterocycles. The first kappa shape index (κ1) is 19.7. The Morgan fingerprint density at radius 3 is 2.31 bits per heavy atom. The van der Waals surface area contributed by atoms with Gasteiger partial charge in [-0.3, -0.25) is 0 Å². The van der Waals surface area contributed by atoms with Crippen molar-refractivity contribution in [2.24, 2.45) is 28.4 Å². The Hall–Kier alpha value is -1.02. The van der Waals surface area contributed by atoms with Crippen LogP contribution in [0.2, 0.25) is 0 Å². The van der Waals surface area contributed by atoms with Gasteiger partial charge in [0.25, 0.3) is 0 Å². The van der Waals surface area contributed by atoms with E-state index in [-0.39, 0.29) is 10.8 Å². The van der Waals surface area contributed by atoms with E-state index in [9.17, 15) is 5.11 Å². The van der Waals surface area contributed by atoms with Gasteiger partial charge in [-0.1, -0.05) is 41.5 Å². The predicted octanol–water partition coefficient (Wildman–Crippen LogP) is 5.72. The molecule has 2 unspecified atom stereocenters. The molecular weight excluding hydrogens is 318 g/mol. The Morgan fingerprint density at radius 2 is 1.65 bits per heavy atom. The van der Waals surface area contributed by atoms with Crippen molar-refractivity contribution in [3.8, 4) is 5.75 Å². The molecule has 5 atom stereocenters. The Balaban J connectivity index is 0.000000948. The van der Waals surface area contributed by atoms with E-state index in [2.05, 4.69) is 34.6 Å². The summed E-state index contributed by atoms with van der Waals surface area (Å²) in [6, 6.07) is 4.32. The summed E-state index contributed by atoms with van der Waals surface area (Å²) in [5, 5.41) is 10.1. The number of hydrogen-bond donors (Lipinski definition) is 2. The van der Waals surface area contributed by atoms with E-state index >= 15 is 0 Å². The lowest BCUT2D eigenvalue weighted by Gasteiger charge is -2.62. The van der Waals surface area contributed by atoms with E-state index in [0.717, 1.165) is 12.8 Å². The van der Waals surface area contributed by atoms with E-state index in [1.54, 1.807) is 0 Å². The first-order chi connectivity index (χ1) is 12.1. The second kappa shape index (κ2) is 6.26. The van der Waals surface area contributed by atoms with Crippen LogP contribution in [0.25, 0.3) is 0 Å². The van der Waals surface area contributed by atoms with Crippen LogP contribution in [0, 0.1) is 29.6 Å². The van der Waals surface area contributed by atoms with Gasteiger partial charge in [0.05, 0.1) is 0 Å². The average Bonchev–Trinajstić information content (AvgIpc) is 2.87. The molecular formula is C24H39NO. The molecule has 3 aliphatic carbocycles. The molecule has 2 nitrogen and oxygen atoms in total. The van der Waals surface area contributed by atoms with Gasteiger partial charge in [0.15, 0.2) is 0 Å². The molecule has 0 radical (unpaired) electrons. The molecule has 0 heterocycles. The van der Waals surface area contributed by atoms with Crippen LogP contribution in [0.4, 0.5) is 0 Å². The lowest BCUT2D eigenvalue weighted by atomic mass is 9.42. The molecule has 146 valence electrons. The molecule has 4 rings (SSSR count). The van der Waals surface area contributed by atoms with Crippen LogP contribution in [-0.2, 0) is 11.8 Å². The van der Waals surface area contributed by atoms with Crippen molar-refractivity contribution < 1.29 is 5.11 Å². The summed E-state index contributed by atoms with van der Waals surface area (Å²) in [7, 11) is 0. The molecule has 1 aromatic carbocycles. The van der Waals surface area contributed by atoms with Gasteiger partial charge in [-0.25, -0.2) is 0 Å². The lowest BCUT2D eigenvalue weighted by Crippen LogP contribution is -2.60. The van der Waals surface area contributed by atoms with Crippen molar-refractivity contribution >= 4 is 0 Å². The molecule has 3 N–H and O–H groups in total. The van der Waals surface area contributed by atoms with Crippen LogP contribution in [0.1, 0.15) is 83.9 Å². The third-order valence-corrected chi connectivity index (χ3v) is 8.56. The van der Waals surface area contributed by atoms with Gasteiger partial charge >= 0.3 is 0 Å². The molecule has 0 spiro atoms. The van der Waals surface area contributed by atoms with Crippen molar-refractivity contribution in [2.45, 2.75) is 92.0 Å². The number of phenolic OH excluding ortho intramolecular Hbond substituents is 1. The van der Waals surface area contributed by atoms with Crippen LogP contribution in [-0.4, -0.2) is 11.1 Å². The number of phenols is 1. The van der Waals surface area contributed by atoms with Crippen LogP contribution in [0.3, 0.4) is 0 Å². The van der Waals surface area contributed by atoms with Crippen LogP contribution in [0.15, 0.2) is 12.1 Å². The maximum atomic E-state index is 10.1. The van der Waals surface area contributed by atoms with Gasteiger partial charge in [0.1, 0.15) is 5.75 Å². The second-order valence-corrected chi connectivity index (χ2v) is 10.0. The van der Waals surface area contributed by atoms with E-state index < -0.39 is 0 Å². The third-order valence-electron chi connectivity index (χ3n) is 8.56. The van der Waals surface area contributed by atoms with E-state index in [0.29, 0.717) is 29.0 Å². The third kappa shape index (κ3) is 2.47. The standard InChI is InChI=1S/C22H33NO.C2H6/c1-13-10-15(24)11-14-12-17-21(4)9-7-18(23)20(2,3)16(21)6-8-22(17,5)19(13)14;1-2/h10-11,16-18,24H,6-9,12,23H2,1-5H3;1-2H3/t16?,17-,18?,21+,22-;/m0./s1. The molecule has 2 saturated carbocycles. The van der Waals surface area contributed by atoms with Gasteiger partial charge < -0.3 is 10.8 Å². The zero-order valence-corrected chi connectivity index (χ0v) is 17.9. The second-order valence-electron chi connectivity index (χ2n) is 10.0. The Labute approximate surface area is 160 Å². The summed E-state index contributed by atoms with van der Waals surface area (Å²) in [5.74, 6) is 1.81. The Morgan fingerprint density at radius 1 is 1.00 bits per heavy atom. The normalized spacial score (nSPS) is 39.9. The summed E-state index contributed by atoms with van der Waals surface area (Å²) < 4.78 is 0. The summed E-state index contributed by atoms with van der Waals surface area (Å²) in [6.07, 6.45) is 6.06. The quantitative estimate of drug-likeness (QED) is 0.623. The van der Waals surface area contributed by atoms with Crippen LogP contribution in [0.5, 0.6) is 5.75 Å². The number of aromatic hydroxyl groups is 1. The summed E-state index contributed by atoms with van der Waals surface area (Å²) in [4.78, 5) is 0. The summed E-state index contributed by atoms with van der Waals surface area (Å²) in [6.45, 7) is 16.0. The van der Waals surface area contributed by atoms with Crippen molar-refractivity contribution in [3.63, 3.8) is 0 Å². The maximum Gasteiger partial charge on any atom is 0.116 e. The minimum absolute atomic E-state index is 0.223.